The summed E-state index contributed by atoms with van der Waals surface area (Å²) in [5.74, 6) is 1.09. The highest BCUT2D eigenvalue weighted by molar-refractivity contribution is 6.04. The quantitative estimate of drug-likeness (QED) is 0.877. The number of benzene rings is 2. The SMILES string of the molecule is O=C(Nc1cc[c]cc1)c1ccc2c(c1)OCO2. The fraction of sp³-hybridized carbons (Fsp3) is 0.0714. The van der Waals surface area contributed by atoms with E-state index in [0.29, 0.717) is 17.1 Å². The molecule has 2 aromatic rings. The van der Waals surface area contributed by atoms with Gasteiger partial charge in [-0.3, -0.25) is 4.79 Å². The van der Waals surface area contributed by atoms with Gasteiger partial charge in [0.2, 0.25) is 6.79 Å². The van der Waals surface area contributed by atoms with Crippen LogP contribution in [0.4, 0.5) is 5.69 Å². The maximum atomic E-state index is 12.0. The van der Waals surface area contributed by atoms with E-state index in [4.69, 9.17) is 9.47 Å². The van der Waals surface area contributed by atoms with Gasteiger partial charge in [0.1, 0.15) is 0 Å². The highest BCUT2D eigenvalue weighted by Crippen LogP contribution is 2.32. The van der Waals surface area contributed by atoms with Crippen LogP contribution in [0.25, 0.3) is 0 Å². The number of amides is 1. The van der Waals surface area contributed by atoms with Crippen LogP contribution in [0.5, 0.6) is 11.5 Å². The van der Waals surface area contributed by atoms with Crippen molar-refractivity contribution in [2.24, 2.45) is 0 Å². The number of carbonyl (C=O) groups is 1. The van der Waals surface area contributed by atoms with Gasteiger partial charge < -0.3 is 14.8 Å². The molecule has 0 aliphatic carbocycles. The first kappa shape index (κ1) is 10.7. The van der Waals surface area contributed by atoms with Crippen molar-refractivity contribution in [3.05, 3.63) is 54.1 Å². The molecule has 0 spiro atoms. The Balaban J connectivity index is 1.81. The second kappa shape index (κ2) is 4.41. The summed E-state index contributed by atoms with van der Waals surface area (Å²) in [4.78, 5) is 12.0. The van der Waals surface area contributed by atoms with Crippen LogP contribution in [0.15, 0.2) is 42.5 Å². The van der Waals surface area contributed by atoms with Crippen LogP contribution >= 0.6 is 0 Å². The molecule has 0 saturated carbocycles. The number of rotatable bonds is 2. The fourth-order valence-corrected chi connectivity index (χ4v) is 1.71. The second-order valence-electron chi connectivity index (χ2n) is 3.81. The Morgan fingerprint density at radius 1 is 1.11 bits per heavy atom. The lowest BCUT2D eigenvalue weighted by Crippen LogP contribution is -2.11. The number of hydrogen-bond acceptors (Lipinski definition) is 3. The van der Waals surface area contributed by atoms with Crippen molar-refractivity contribution in [3.8, 4) is 11.5 Å². The summed E-state index contributed by atoms with van der Waals surface area (Å²) in [5, 5.41) is 2.79. The third-order valence-electron chi connectivity index (χ3n) is 2.61. The first-order valence-corrected chi connectivity index (χ1v) is 5.50. The Morgan fingerprint density at radius 2 is 1.89 bits per heavy atom. The van der Waals surface area contributed by atoms with E-state index in [0.717, 1.165) is 5.69 Å². The topological polar surface area (TPSA) is 47.6 Å². The lowest BCUT2D eigenvalue weighted by atomic mass is 10.2. The fourth-order valence-electron chi connectivity index (χ4n) is 1.71. The van der Waals surface area contributed by atoms with Crippen LogP contribution in [-0.2, 0) is 0 Å². The lowest BCUT2D eigenvalue weighted by Gasteiger charge is -2.05. The van der Waals surface area contributed by atoms with Gasteiger partial charge in [-0.25, -0.2) is 0 Å². The average Bonchev–Trinajstić information content (AvgIpc) is 2.87. The minimum Gasteiger partial charge on any atom is -0.454 e. The summed E-state index contributed by atoms with van der Waals surface area (Å²) >= 11 is 0. The van der Waals surface area contributed by atoms with E-state index >= 15 is 0 Å². The van der Waals surface area contributed by atoms with Crippen molar-refractivity contribution in [2.75, 3.05) is 12.1 Å². The zero-order chi connectivity index (χ0) is 12.4. The molecule has 0 unspecified atom stereocenters. The van der Waals surface area contributed by atoms with Crippen LogP contribution in [0.1, 0.15) is 10.4 Å². The summed E-state index contributed by atoms with van der Waals surface area (Å²) < 4.78 is 10.4. The maximum Gasteiger partial charge on any atom is 0.255 e. The molecule has 1 heterocycles. The molecule has 18 heavy (non-hydrogen) atoms. The van der Waals surface area contributed by atoms with Gasteiger partial charge in [-0.2, -0.15) is 0 Å². The largest absolute Gasteiger partial charge is 0.454 e. The molecule has 4 nitrogen and oxygen atoms in total. The molecule has 0 saturated heterocycles. The number of ether oxygens (including phenoxy) is 2. The molecule has 1 aliphatic heterocycles. The van der Waals surface area contributed by atoms with Gasteiger partial charge in [0.05, 0.1) is 0 Å². The van der Waals surface area contributed by atoms with Gasteiger partial charge in [0.25, 0.3) is 5.91 Å². The Hall–Kier alpha value is -2.49. The number of fused-ring (bicyclic) bond motifs is 1. The van der Waals surface area contributed by atoms with Crippen LogP contribution in [0.2, 0.25) is 0 Å². The van der Waals surface area contributed by atoms with E-state index in [1.165, 1.54) is 0 Å². The Morgan fingerprint density at radius 3 is 2.72 bits per heavy atom. The average molecular weight is 240 g/mol. The molecule has 0 fully saturated rings. The van der Waals surface area contributed by atoms with E-state index in [1.54, 1.807) is 42.5 Å². The maximum absolute atomic E-state index is 12.0. The van der Waals surface area contributed by atoms with Gasteiger partial charge >= 0.3 is 0 Å². The van der Waals surface area contributed by atoms with Crippen molar-refractivity contribution in [3.63, 3.8) is 0 Å². The Labute approximate surface area is 104 Å². The van der Waals surface area contributed by atoms with E-state index in [2.05, 4.69) is 11.4 Å². The first-order chi connectivity index (χ1) is 8.83. The van der Waals surface area contributed by atoms with Crippen LogP contribution < -0.4 is 14.8 Å². The summed E-state index contributed by atoms with van der Waals surface area (Å²) in [6.07, 6.45) is 0. The molecule has 0 aromatic heterocycles. The molecule has 3 rings (SSSR count). The van der Waals surface area contributed by atoms with Crippen molar-refractivity contribution in [1.29, 1.82) is 0 Å². The minimum absolute atomic E-state index is 0.181. The van der Waals surface area contributed by atoms with E-state index in [9.17, 15) is 4.79 Å². The Bertz CT molecular complexity index is 581. The highest BCUT2D eigenvalue weighted by atomic mass is 16.7. The third-order valence-corrected chi connectivity index (χ3v) is 2.61. The predicted molar refractivity (Wildman–Crippen MR) is 65.8 cm³/mol. The molecule has 0 atom stereocenters. The number of hydrogen-bond donors (Lipinski definition) is 1. The van der Waals surface area contributed by atoms with E-state index in [1.807, 2.05) is 0 Å². The highest BCUT2D eigenvalue weighted by Gasteiger charge is 2.16. The van der Waals surface area contributed by atoms with Gasteiger partial charge in [0, 0.05) is 11.3 Å². The molecule has 0 bridgehead atoms. The van der Waals surface area contributed by atoms with Gasteiger partial charge in [-0.1, -0.05) is 12.1 Å². The normalized spacial score (nSPS) is 12.2. The molecule has 1 amide bonds. The smallest absolute Gasteiger partial charge is 0.255 e. The van der Waals surface area contributed by atoms with Gasteiger partial charge in [0.15, 0.2) is 11.5 Å². The van der Waals surface area contributed by atoms with Crippen molar-refractivity contribution in [1.82, 2.24) is 0 Å². The molecule has 1 radical (unpaired) electrons. The number of carbonyl (C=O) groups excluding carboxylic acids is 1. The molecule has 1 aliphatic rings. The molecular weight excluding hydrogens is 230 g/mol. The zero-order valence-electron chi connectivity index (χ0n) is 9.47. The van der Waals surface area contributed by atoms with Crippen LogP contribution in [0.3, 0.4) is 0 Å². The number of nitrogens with one attached hydrogen (secondary N) is 1. The summed E-state index contributed by atoms with van der Waals surface area (Å²) in [5.41, 5.74) is 1.27. The summed E-state index contributed by atoms with van der Waals surface area (Å²) in [6, 6.07) is 15.1. The molecule has 1 N–H and O–H groups in total. The van der Waals surface area contributed by atoms with E-state index in [-0.39, 0.29) is 12.7 Å². The summed E-state index contributed by atoms with van der Waals surface area (Å²) in [6.45, 7) is 0.203. The second-order valence-corrected chi connectivity index (χ2v) is 3.81. The monoisotopic (exact) mass is 240 g/mol. The number of anilines is 1. The molecule has 89 valence electrons. The molecular formula is C14H10NO3. The van der Waals surface area contributed by atoms with Gasteiger partial charge in [-0.15, -0.1) is 0 Å². The lowest BCUT2D eigenvalue weighted by molar-refractivity contribution is 0.102. The van der Waals surface area contributed by atoms with Crippen molar-refractivity contribution < 1.29 is 14.3 Å². The Kier molecular flexibility index (Phi) is 2.61. The molecule has 2 aromatic carbocycles. The van der Waals surface area contributed by atoms with Crippen LogP contribution in [0, 0.1) is 6.07 Å². The van der Waals surface area contributed by atoms with Crippen LogP contribution in [-0.4, -0.2) is 12.7 Å². The van der Waals surface area contributed by atoms with Crippen molar-refractivity contribution in [2.45, 2.75) is 0 Å². The van der Waals surface area contributed by atoms with Gasteiger partial charge in [-0.05, 0) is 36.4 Å². The first-order valence-electron chi connectivity index (χ1n) is 5.50. The minimum atomic E-state index is -0.181. The third kappa shape index (κ3) is 2.00. The standard InChI is InChI=1S/C14H10NO3/c16-14(15-11-4-2-1-3-5-11)10-6-7-12-13(8-10)18-9-17-12/h2-8H,9H2,(H,15,16). The summed E-state index contributed by atoms with van der Waals surface area (Å²) in [7, 11) is 0. The zero-order valence-corrected chi connectivity index (χ0v) is 9.47. The van der Waals surface area contributed by atoms with E-state index < -0.39 is 0 Å². The van der Waals surface area contributed by atoms with Crippen molar-refractivity contribution >= 4 is 11.6 Å². The predicted octanol–water partition coefficient (Wildman–Crippen LogP) is 2.47. The molecule has 4 heteroatoms.